The predicted molar refractivity (Wildman–Crippen MR) is 121 cm³/mol. The minimum absolute atomic E-state index is 0.167. The van der Waals surface area contributed by atoms with Crippen LogP contribution in [0.3, 0.4) is 0 Å². The molecule has 1 saturated heterocycles. The number of methoxy groups -OCH3 is 1. The van der Waals surface area contributed by atoms with Crippen LogP contribution in [0.15, 0.2) is 24.3 Å². The predicted octanol–water partition coefficient (Wildman–Crippen LogP) is 4.69. The Labute approximate surface area is 204 Å². The summed E-state index contributed by atoms with van der Waals surface area (Å²) in [5.74, 6) is -0.688. The minimum atomic E-state index is -4.84. The van der Waals surface area contributed by atoms with Gasteiger partial charge in [-0.1, -0.05) is 12.1 Å². The molecule has 2 atom stereocenters. The fourth-order valence-electron chi connectivity index (χ4n) is 4.27. The smallest absolute Gasteiger partial charge is 0.444 e. The first-order chi connectivity index (χ1) is 16.4. The molecule has 1 fully saturated rings. The Morgan fingerprint density at radius 1 is 1.23 bits per heavy atom. The van der Waals surface area contributed by atoms with E-state index in [1.54, 1.807) is 43.7 Å². The molecular formula is C23H26F3N3O5S. The summed E-state index contributed by atoms with van der Waals surface area (Å²) in [5, 5.41) is 0.280. The number of fused-ring (bicyclic) bond motifs is 1. The van der Waals surface area contributed by atoms with E-state index in [9.17, 15) is 22.8 Å². The molecule has 2 amide bonds. The number of amides is 2. The van der Waals surface area contributed by atoms with E-state index in [1.165, 1.54) is 18.2 Å². The van der Waals surface area contributed by atoms with Crippen molar-refractivity contribution in [1.29, 1.82) is 0 Å². The molecule has 0 saturated carbocycles. The van der Waals surface area contributed by atoms with Crippen molar-refractivity contribution in [2.45, 2.75) is 57.8 Å². The van der Waals surface area contributed by atoms with Gasteiger partial charge >= 0.3 is 12.5 Å². The lowest BCUT2D eigenvalue weighted by Gasteiger charge is -2.28. The molecule has 2 aliphatic heterocycles. The van der Waals surface area contributed by atoms with Crippen molar-refractivity contribution in [3.63, 3.8) is 0 Å². The average molecular weight is 514 g/mol. The van der Waals surface area contributed by atoms with Crippen molar-refractivity contribution in [2.75, 3.05) is 20.3 Å². The molecule has 12 heteroatoms. The SMILES string of the molecule is COC[C@@H]1C[C@@H](N2Cc3sc(-c4ccccc4OC(F)(F)F)nc3C2=O)CN1C(=O)OC(C)(C)C. The Morgan fingerprint density at radius 3 is 2.57 bits per heavy atom. The lowest BCUT2D eigenvalue weighted by Crippen LogP contribution is -2.43. The average Bonchev–Trinajstić information content (AvgIpc) is 3.41. The van der Waals surface area contributed by atoms with Crippen LogP contribution < -0.4 is 4.74 Å². The van der Waals surface area contributed by atoms with Gasteiger partial charge in [0.15, 0.2) is 0 Å². The van der Waals surface area contributed by atoms with Crippen LogP contribution in [0.2, 0.25) is 0 Å². The number of hydrogen-bond donors (Lipinski definition) is 0. The monoisotopic (exact) mass is 513 g/mol. The van der Waals surface area contributed by atoms with Gasteiger partial charge in [0.2, 0.25) is 0 Å². The van der Waals surface area contributed by atoms with Crippen LogP contribution in [-0.2, 0) is 16.0 Å². The summed E-state index contributed by atoms with van der Waals surface area (Å²) in [6.45, 7) is 6.21. The number of carbonyl (C=O) groups excluding carboxylic acids is 2. The number of ether oxygens (including phenoxy) is 3. The number of hydrogen-bond acceptors (Lipinski definition) is 7. The van der Waals surface area contributed by atoms with E-state index in [0.717, 1.165) is 11.3 Å². The quantitative estimate of drug-likeness (QED) is 0.577. The molecule has 0 spiro atoms. The summed E-state index contributed by atoms with van der Waals surface area (Å²) in [6.07, 6.45) is -4.79. The van der Waals surface area contributed by atoms with E-state index in [0.29, 0.717) is 24.4 Å². The fraction of sp³-hybridized carbons (Fsp3) is 0.522. The zero-order valence-electron chi connectivity index (χ0n) is 19.7. The molecule has 3 heterocycles. The third kappa shape index (κ3) is 5.53. The van der Waals surface area contributed by atoms with Gasteiger partial charge in [-0.15, -0.1) is 24.5 Å². The molecular weight excluding hydrogens is 487 g/mol. The summed E-state index contributed by atoms with van der Waals surface area (Å²) < 4.78 is 53.3. The van der Waals surface area contributed by atoms with Gasteiger partial charge in [-0.25, -0.2) is 9.78 Å². The highest BCUT2D eigenvalue weighted by molar-refractivity contribution is 7.15. The maximum atomic E-state index is 13.2. The summed E-state index contributed by atoms with van der Waals surface area (Å²) in [5.41, 5.74) is -0.279. The standard InChI is InChI=1S/C23H26F3N3O5S/c1-22(2,3)34-21(31)29-10-13(9-14(29)12-32-4)28-11-17-18(20(28)30)27-19(35-17)15-7-5-6-8-16(15)33-23(24,25)26/h5-8,13-14H,9-12H2,1-4H3/t13-,14+/m1/s1. The molecule has 2 aromatic rings. The number of rotatable bonds is 5. The molecule has 8 nitrogen and oxygen atoms in total. The zero-order chi connectivity index (χ0) is 25.5. The van der Waals surface area contributed by atoms with Crippen molar-refractivity contribution in [3.8, 4) is 16.3 Å². The molecule has 0 aliphatic carbocycles. The van der Waals surface area contributed by atoms with Gasteiger partial charge in [-0.2, -0.15) is 0 Å². The topological polar surface area (TPSA) is 81.2 Å². The van der Waals surface area contributed by atoms with Gasteiger partial charge in [0, 0.05) is 13.7 Å². The molecule has 0 radical (unpaired) electrons. The van der Waals surface area contributed by atoms with Crippen LogP contribution >= 0.6 is 11.3 Å². The van der Waals surface area contributed by atoms with E-state index < -0.39 is 18.1 Å². The van der Waals surface area contributed by atoms with Gasteiger partial charge in [-0.3, -0.25) is 4.79 Å². The summed E-state index contributed by atoms with van der Waals surface area (Å²) in [7, 11) is 1.55. The summed E-state index contributed by atoms with van der Waals surface area (Å²) >= 11 is 1.16. The maximum absolute atomic E-state index is 13.2. The fourth-order valence-corrected chi connectivity index (χ4v) is 5.35. The number of alkyl halides is 3. The molecule has 1 aromatic heterocycles. The molecule has 35 heavy (non-hydrogen) atoms. The van der Waals surface area contributed by atoms with E-state index in [2.05, 4.69) is 9.72 Å². The van der Waals surface area contributed by atoms with Crippen molar-refractivity contribution in [2.24, 2.45) is 0 Å². The molecule has 0 N–H and O–H groups in total. The Balaban J connectivity index is 1.52. The van der Waals surface area contributed by atoms with Gasteiger partial charge in [0.05, 0.1) is 35.7 Å². The van der Waals surface area contributed by atoms with Crippen molar-refractivity contribution >= 4 is 23.3 Å². The third-order valence-electron chi connectivity index (χ3n) is 5.64. The largest absolute Gasteiger partial charge is 0.573 e. The first kappa shape index (κ1) is 25.2. The number of carbonyl (C=O) groups is 2. The van der Waals surface area contributed by atoms with E-state index in [-0.39, 0.29) is 46.6 Å². The number of likely N-dealkylation sites (tertiary alicyclic amines) is 1. The lowest BCUT2D eigenvalue weighted by molar-refractivity contribution is -0.274. The van der Waals surface area contributed by atoms with Crippen LogP contribution in [0.4, 0.5) is 18.0 Å². The highest BCUT2D eigenvalue weighted by atomic mass is 32.1. The second kappa shape index (κ2) is 9.30. The highest BCUT2D eigenvalue weighted by Gasteiger charge is 2.45. The van der Waals surface area contributed by atoms with Crippen LogP contribution in [0, 0.1) is 0 Å². The first-order valence-corrected chi connectivity index (χ1v) is 11.8. The highest BCUT2D eigenvalue weighted by Crippen LogP contribution is 2.40. The number of halogens is 3. The van der Waals surface area contributed by atoms with Crippen LogP contribution in [0.5, 0.6) is 5.75 Å². The van der Waals surface area contributed by atoms with Crippen LogP contribution in [-0.4, -0.2) is 71.1 Å². The number of thiazole rings is 1. The Hall–Kier alpha value is -2.86. The second-order valence-electron chi connectivity index (χ2n) is 9.40. The van der Waals surface area contributed by atoms with Crippen molar-refractivity contribution in [3.05, 3.63) is 34.8 Å². The Kier molecular flexibility index (Phi) is 6.71. The molecule has 2 aliphatic rings. The normalized spacial score (nSPS) is 20.4. The van der Waals surface area contributed by atoms with Crippen molar-refractivity contribution < 1.29 is 37.0 Å². The number of nitrogens with zero attached hydrogens (tertiary/aromatic N) is 3. The zero-order valence-corrected chi connectivity index (χ0v) is 20.5. The molecule has 0 unspecified atom stereocenters. The second-order valence-corrected chi connectivity index (χ2v) is 10.5. The maximum Gasteiger partial charge on any atom is 0.573 e. The van der Waals surface area contributed by atoms with Gasteiger partial charge in [0.1, 0.15) is 22.1 Å². The number of para-hydroxylation sites is 1. The van der Waals surface area contributed by atoms with Crippen molar-refractivity contribution in [1.82, 2.24) is 14.8 Å². The van der Waals surface area contributed by atoms with Crippen LogP contribution in [0.25, 0.3) is 10.6 Å². The summed E-state index contributed by atoms with van der Waals surface area (Å²) in [4.78, 5) is 34.2. The molecule has 0 bridgehead atoms. The Morgan fingerprint density at radius 2 is 1.94 bits per heavy atom. The van der Waals surface area contributed by atoms with E-state index in [4.69, 9.17) is 9.47 Å². The van der Waals surface area contributed by atoms with Gasteiger partial charge in [-0.05, 0) is 39.3 Å². The van der Waals surface area contributed by atoms with E-state index in [1.807, 2.05) is 0 Å². The Bertz CT molecular complexity index is 1110. The van der Waals surface area contributed by atoms with E-state index >= 15 is 0 Å². The number of aromatic nitrogens is 1. The van der Waals surface area contributed by atoms with Crippen LogP contribution in [0.1, 0.15) is 42.6 Å². The first-order valence-electron chi connectivity index (χ1n) is 11.0. The minimum Gasteiger partial charge on any atom is -0.444 e. The summed E-state index contributed by atoms with van der Waals surface area (Å²) in [6, 6.07) is 5.19. The third-order valence-corrected chi connectivity index (χ3v) is 6.71. The van der Waals surface area contributed by atoms with Gasteiger partial charge < -0.3 is 24.0 Å². The molecule has 190 valence electrons. The lowest BCUT2D eigenvalue weighted by atomic mass is 10.1. The molecule has 1 aromatic carbocycles. The molecule has 4 rings (SSSR count). The number of benzene rings is 1. The van der Waals surface area contributed by atoms with Gasteiger partial charge in [0.25, 0.3) is 5.91 Å².